The summed E-state index contributed by atoms with van der Waals surface area (Å²) in [5, 5.41) is 0. The first kappa shape index (κ1) is 16.3. The van der Waals surface area contributed by atoms with Gasteiger partial charge in [0, 0.05) is 30.8 Å². The van der Waals surface area contributed by atoms with Crippen molar-refractivity contribution in [1.29, 1.82) is 0 Å². The van der Waals surface area contributed by atoms with E-state index in [2.05, 4.69) is 23.9 Å². The van der Waals surface area contributed by atoms with Gasteiger partial charge in [-0.3, -0.25) is 4.90 Å². The molecule has 1 atom stereocenters. The zero-order valence-electron chi connectivity index (χ0n) is 12.9. The Morgan fingerprint density at radius 3 is 2.48 bits per heavy atom. The average Bonchev–Trinajstić information content (AvgIpc) is 2.43. The van der Waals surface area contributed by atoms with E-state index in [9.17, 15) is 8.78 Å². The molecule has 0 aliphatic carbocycles. The first-order chi connectivity index (χ1) is 10.0. The second-order valence-corrected chi connectivity index (χ2v) is 6.16. The molecule has 2 N–H and O–H groups in total. The van der Waals surface area contributed by atoms with Gasteiger partial charge in [0.2, 0.25) is 0 Å². The third-order valence-electron chi connectivity index (χ3n) is 4.26. The number of piperidine rings is 1. The topological polar surface area (TPSA) is 32.5 Å². The van der Waals surface area contributed by atoms with Crippen LogP contribution in [0.3, 0.4) is 0 Å². The summed E-state index contributed by atoms with van der Waals surface area (Å²) in [6, 6.07) is 3.61. The molecule has 118 valence electrons. The number of hydrogen-bond acceptors (Lipinski definition) is 3. The Bertz CT molecular complexity index is 457. The van der Waals surface area contributed by atoms with Crippen LogP contribution in [0.4, 0.5) is 8.78 Å². The van der Waals surface area contributed by atoms with Gasteiger partial charge in [-0.15, -0.1) is 0 Å². The van der Waals surface area contributed by atoms with E-state index < -0.39 is 11.6 Å². The van der Waals surface area contributed by atoms with Crippen LogP contribution in [0.2, 0.25) is 0 Å². The molecule has 0 amide bonds. The van der Waals surface area contributed by atoms with E-state index in [1.165, 1.54) is 12.1 Å². The molecule has 0 saturated carbocycles. The van der Waals surface area contributed by atoms with Crippen LogP contribution in [0.15, 0.2) is 18.2 Å². The summed E-state index contributed by atoms with van der Waals surface area (Å²) in [4.78, 5) is 4.43. The molecule has 5 heteroatoms. The predicted molar refractivity (Wildman–Crippen MR) is 81.0 cm³/mol. The largest absolute Gasteiger partial charge is 0.329 e. The summed E-state index contributed by atoms with van der Waals surface area (Å²) in [6.07, 6.45) is 2.19. The highest BCUT2D eigenvalue weighted by molar-refractivity contribution is 5.22. The van der Waals surface area contributed by atoms with Crippen LogP contribution in [0, 0.1) is 17.6 Å². The van der Waals surface area contributed by atoms with Gasteiger partial charge in [0.15, 0.2) is 0 Å². The summed E-state index contributed by atoms with van der Waals surface area (Å²) in [6.45, 7) is 3.27. The van der Waals surface area contributed by atoms with Crippen molar-refractivity contribution in [3.8, 4) is 0 Å². The fourth-order valence-electron chi connectivity index (χ4n) is 3.21. The van der Waals surface area contributed by atoms with Crippen molar-refractivity contribution >= 4 is 0 Å². The lowest BCUT2D eigenvalue weighted by atomic mass is 9.93. The number of likely N-dealkylation sites (tertiary alicyclic amines) is 1. The van der Waals surface area contributed by atoms with E-state index in [1.807, 2.05) is 0 Å². The molecule has 21 heavy (non-hydrogen) atoms. The van der Waals surface area contributed by atoms with Crippen molar-refractivity contribution in [2.24, 2.45) is 11.7 Å². The molecule has 2 rings (SSSR count). The van der Waals surface area contributed by atoms with Crippen molar-refractivity contribution in [2.75, 3.05) is 40.3 Å². The SMILES string of the molecule is CN(C)CC1CCN(C(CN)c2ccc(F)cc2F)CC1. The summed E-state index contributed by atoms with van der Waals surface area (Å²) >= 11 is 0. The van der Waals surface area contributed by atoms with Gasteiger partial charge >= 0.3 is 0 Å². The highest BCUT2D eigenvalue weighted by Gasteiger charge is 2.27. The molecule has 0 aromatic heterocycles. The highest BCUT2D eigenvalue weighted by Crippen LogP contribution is 2.28. The van der Waals surface area contributed by atoms with E-state index in [0.717, 1.165) is 38.5 Å². The van der Waals surface area contributed by atoms with E-state index in [-0.39, 0.29) is 6.04 Å². The maximum Gasteiger partial charge on any atom is 0.130 e. The molecule has 1 aliphatic heterocycles. The highest BCUT2D eigenvalue weighted by atomic mass is 19.1. The molecule has 1 aromatic rings. The van der Waals surface area contributed by atoms with E-state index >= 15 is 0 Å². The molecule has 1 saturated heterocycles. The van der Waals surface area contributed by atoms with Crippen LogP contribution in [-0.2, 0) is 0 Å². The molecule has 3 nitrogen and oxygen atoms in total. The molecule has 1 aromatic carbocycles. The zero-order chi connectivity index (χ0) is 15.4. The molecule has 0 spiro atoms. The minimum Gasteiger partial charge on any atom is -0.329 e. The van der Waals surface area contributed by atoms with Crippen LogP contribution >= 0.6 is 0 Å². The standard InChI is InChI=1S/C16H25F2N3/c1-20(2)11-12-5-7-21(8-6-12)16(10-19)14-4-3-13(17)9-15(14)18/h3-4,9,12,16H,5-8,10-11,19H2,1-2H3. The molecule has 0 bridgehead atoms. The van der Waals surface area contributed by atoms with E-state index in [1.54, 1.807) is 0 Å². The molecule has 1 fully saturated rings. The number of nitrogens with zero attached hydrogens (tertiary/aromatic N) is 2. The summed E-state index contributed by atoms with van der Waals surface area (Å²) in [5.74, 6) is -0.356. The van der Waals surface area contributed by atoms with Crippen LogP contribution in [0.25, 0.3) is 0 Å². The lowest BCUT2D eigenvalue weighted by Gasteiger charge is -2.38. The van der Waals surface area contributed by atoms with Gasteiger partial charge < -0.3 is 10.6 Å². The van der Waals surface area contributed by atoms with Gasteiger partial charge in [-0.1, -0.05) is 6.07 Å². The Labute approximate surface area is 125 Å². The third-order valence-corrected chi connectivity index (χ3v) is 4.26. The smallest absolute Gasteiger partial charge is 0.130 e. The minimum absolute atomic E-state index is 0.161. The Balaban J connectivity index is 2.02. The minimum atomic E-state index is -0.545. The van der Waals surface area contributed by atoms with Crippen LogP contribution < -0.4 is 5.73 Å². The monoisotopic (exact) mass is 297 g/mol. The Morgan fingerprint density at radius 1 is 1.29 bits per heavy atom. The summed E-state index contributed by atoms with van der Waals surface area (Å²) < 4.78 is 27.0. The molecular formula is C16H25F2N3. The van der Waals surface area contributed by atoms with Crippen molar-refractivity contribution in [1.82, 2.24) is 9.80 Å². The average molecular weight is 297 g/mol. The first-order valence-corrected chi connectivity index (χ1v) is 7.55. The van der Waals surface area contributed by atoms with Crippen LogP contribution in [0.5, 0.6) is 0 Å². The van der Waals surface area contributed by atoms with Crippen LogP contribution in [-0.4, -0.2) is 50.1 Å². The van der Waals surface area contributed by atoms with Gasteiger partial charge in [-0.05, 0) is 52.0 Å². The van der Waals surface area contributed by atoms with Crippen molar-refractivity contribution in [3.05, 3.63) is 35.4 Å². The number of rotatable bonds is 5. The second-order valence-electron chi connectivity index (χ2n) is 6.16. The predicted octanol–water partition coefficient (Wildman–Crippen LogP) is 2.24. The van der Waals surface area contributed by atoms with Gasteiger partial charge in [0.1, 0.15) is 11.6 Å². The molecule has 0 radical (unpaired) electrons. The molecule has 1 unspecified atom stereocenters. The molecule has 1 aliphatic rings. The summed E-state index contributed by atoms with van der Waals surface area (Å²) in [7, 11) is 4.17. The summed E-state index contributed by atoms with van der Waals surface area (Å²) in [5.41, 5.74) is 6.35. The third kappa shape index (κ3) is 4.22. The Kier molecular flexibility index (Phi) is 5.67. The van der Waals surface area contributed by atoms with Gasteiger partial charge in [0.05, 0.1) is 0 Å². The fraction of sp³-hybridized carbons (Fsp3) is 0.625. The lowest BCUT2D eigenvalue weighted by Crippen LogP contribution is -2.41. The lowest BCUT2D eigenvalue weighted by molar-refractivity contribution is 0.121. The first-order valence-electron chi connectivity index (χ1n) is 7.55. The number of halogens is 2. The van der Waals surface area contributed by atoms with E-state index in [0.29, 0.717) is 18.0 Å². The Hall–Kier alpha value is -1.04. The van der Waals surface area contributed by atoms with Gasteiger partial charge in [-0.25, -0.2) is 8.78 Å². The maximum atomic E-state index is 14.0. The maximum absolute atomic E-state index is 14.0. The van der Waals surface area contributed by atoms with Gasteiger partial charge in [-0.2, -0.15) is 0 Å². The second kappa shape index (κ2) is 7.29. The van der Waals surface area contributed by atoms with Crippen molar-refractivity contribution in [3.63, 3.8) is 0 Å². The van der Waals surface area contributed by atoms with Gasteiger partial charge in [0.25, 0.3) is 0 Å². The Morgan fingerprint density at radius 2 is 1.95 bits per heavy atom. The van der Waals surface area contributed by atoms with Crippen molar-refractivity contribution < 1.29 is 8.78 Å². The quantitative estimate of drug-likeness (QED) is 0.904. The normalized spacial score (nSPS) is 19.1. The fourth-order valence-corrected chi connectivity index (χ4v) is 3.21. The number of hydrogen-bond donors (Lipinski definition) is 1. The molecular weight excluding hydrogens is 272 g/mol. The number of benzene rings is 1. The van der Waals surface area contributed by atoms with Crippen molar-refractivity contribution in [2.45, 2.75) is 18.9 Å². The molecule has 1 heterocycles. The van der Waals surface area contributed by atoms with E-state index in [4.69, 9.17) is 5.73 Å². The zero-order valence-corrected chi connectivity index (χ0v) is 12.9. The number of nitrogens with two attached hydrogens (primary N) is 1. The van der Waals surface area contributed by atoms with Crippen LogP contribution in [0.1, 0.15) is 24.4 Å².